The molecule has 0 fully saturated rings. The fourth-order valence-electron chi connectivity index (χ4n) is 2.72. The number of alkyl halides is 3. The number of rotatable bonds is 2. The summed E-state index contributed by atoms with van der Waals surface area (Å²) < 4.78 is 80.9. The average molecular weight is 394 g/mol. The summed E-state index contributed by atoms with van der Waals surface area (Å²) in [5, 5.41) is 0. The van der Waals surface area contributed by atoms with Gasteiger partial charge in [-0.05, 0) is 24.3 Å². The van der Waals surface area contributed by atoms with Gasteiger partial charge in [0.05, 0.1) is 18.1 Å². The third-order valence-electron chi connectivity index (χ3n) is 3.99. The summed E-state index contributed by atoms with van der Waals surface area (Å²) in [4.78, 5) is 10.9. The largest absolute Gasteiger partial charge is 0.433 e. The number of fused-ring (bicyclic) bond motifs is 1. The monoisotopic (exact) mass is 394 g/mol. The third kappa shape index (κ3) is 3.06. The van der Waals surface area contributed by atoms with E-state index in [9.17, 15) is 26.3 Å². The van der Waals surface area contributed by atoms with Crippen molar-refractivity contribution >= 4 is 5.78 Å². The molecule has 142 valence electrons. The molecule has 10 heteroatoms. The zero-order valence-electron chi connectivity index (χ0n) is 13.7. The van der Waals surface area contributed by atoms with Gasteiger partial charge in [-0.25, -0.2) is 23.1 Å². The first-order valence-electron chi connectivity index (χ1n) is 7.76. The lowest BCUT2D eigenvalue weighted by Crippen LogP contribution is -2.09. The van der Waals surface area contributed by atoms with E-state index in [4.69, 9.17) is 0 Å². The van der Waals surface area contributed by atoms with Gasteiger partial charge in [-0.15, -0.1) is 0 Å². The number of nitrogens with zero attached hydrogens (tertiary/aromatic N) is 4. The van der Waals surface area contributed by atoms with Crippen molar-refractivity contribution in [3.8, 4) is 22.5 Å². The highest BCUT2D eigenvalue weighted by atomic mass is 19.4. The predicted molar refractivity (Wildman–Crippen MR) is 86.5 cm³/mol. The van der Waals surface area contributed by atoms with Crippen molar-refractivity contribution in [1.29, 1.82) is 0 Å². The molecule has 0 atom stereocenters. The molecule has 0 N–H and O–H groups in total. The lowest BCUT2D eigenvalue weighted by molar-refractivity contribution is -0.141. The fourth-order valence-corrected chi connectivity index (χ4v) is 2.72. The lowest BCUT2D eigenvalue weighted by atomic mass is 10.0. The van der Waals surface area contributed by atoms with Gasteiger partial charge < -0.3 is 0 Å². The van der Waals surface area contributed by atoms with Crippen LogP contribution in [-0.2, 0) is 6.18 Å². The van der Waals surface area contributed by atoms with Crippen molar-refractivity contribution in [3.05, 3.63) is 72.1 Å². The highest BCUT2D eigenvalue weighted by molar-refractivity contribution is 5.71. The van der Waals surface area contributed by atoms with Gasteiger partial charge in [-0.1, -0.05) is 0 Å². The molecule has 4 rings (SSSR count). The second kappa shape index (κ2) is 6.32. The minimum atomic E-state index is -4.62. The molecule has 3 heterocycles. The third-order valence-corrected chi connectivity index (χ3v) is 3.99. The zero-order valence-corrected chi connectivity index (χ0v) is 13.7. The lowest BCUT2D eigenvalue weighted by Gasteiger charge is -2.09. The van der Waals surface area contributed by atoms with E-state index in [0.29, 0.717) is 17.3 Å². The number of imidazole rings is 1. The van der Waals surface area contributed by atoms with Crippen LogP contribution in [0.2, 0.25) is 0 Å². The highest BCUT2D eigenvalue weighted by Gasteiger charge is 2.33. The summed E-state index contributed by atoms with van der Waals surface area (Å²) >= 11 is 0. The molecule has 4 nitrogen and oxygen atoms in total. The Kier molecular flexibility index (Phi) is 4.06. The van der Waals surface area contributed by atoms with Crippen LogP contribution < -0.4 is 0 Å². The van der Waals surface area contributed by atoms with E-state index >= 15 is 0 Å². The summed E-state index contributed by atoms with van der Waals surface area (Å²) in [6.07, 6.45) is -1.48. The van der Waals surface area contributed by atoms with Gasteiger partial charge in [0.2, 0.25) is 5.78 Å². The second-order valence-electron chi connectivity index (χ2n) is 5.80. The number of hydrogen-bond donors (Lipinski definition) is 0. The molecule has 0 aliphatic heterocycles. The quantitative estimate of drug-likeness (QED) is 0.455. The number of hydrogen-bond acceptors (Lipinski definition) is 3. The van der Waals surface area contributed by atoms with Crippen LogP contribution in [0.1, 0.15) is 5.69 Å². The Morgan fingerprint density at radius 1 is 0.857 bits per heavy atom. The topological polar surface area (TPSA) is 43.1 Å². The van der Waals surface area contributed by atoms with Crippen LogP contribution in [0.4, 0.5) is 26.3 Å². The van der Waals surface area contributed by atoms with E-state index < -0.39 is 35.0 Å². The van der Waals surface area contributed by atoms with Crippen LogP contribution in [0.3, 0.4) is 0 Å². The van der Waals surface area contributed by atoms with E-state index in [1.165, 1.54) is 22.7 Å². The molecule has 0 radical (unpaired) electrons. The number of pyridine rings is 1. The normalized spacial score (nSPS) is 11.9. The van der Waals surface area contributed by atoms with E-state index in [1.54, 1.807) is 0 Å². The summed E-state index contributed by atoms with van der Waals surface area (Å²) in [6.45, 7) is 0. The molecule has 3 aromatic heterocycles. The summed E-state index contributed by atoms with van der Waals surface area (Å²) in [7, 11) is 0. The number of benzene rings is 1. The van der Waals surface area contributed by atoms with Crippen LogP contribution in [0.25, 0.3) is 28.3 Å². The minimum absolute atomic E-state index is 0.207. The van der Waals surface area contributed by atoms with Crippen molar-refractivity contribution in [3.63, 3.8) is 0 Å². The first-order chi connectivity index (χ1) is 13.2. The Morgan fingerprint density at radius 2 is 1.64 bits per heavy atom. The molecule has 28 heavy (non-hydrogen) atoms. The van der Waals surface area contributed by atoms with Crippen LogP contribution in [-0.4, -0.2) is 19.4 Å². The number of halogens is 6. The Labute approximate surface area is 153 Å². The first-order valence-corrected chi connectivity index (χ1v) is 7.76. The Hall–Kier alpha value is -3.43. The molecule has 0 aliphatic carbocycles. The predicted octanol–water partition coefficient (Wildman–Crippen LogP) is 4.89. The standard InChI is InChI=1S/C18H8F6N4/c19-10-6-13(21)16(25-7-10)11-5-9(1-2-12(11)20)14-8-26-17-27-15(18(22,23)24)3-4-28(14)17/h1-8H. The molecule has 0 saturated heterocycles. The zero-order chi connectivity index (χ0) is 20.1. The Balaban J connectivity index is 1.84. The van der Waals surface area contributed by atoms with Crippen LogP contribution in [0.5, 0.6) is 0 Å². The fraction of sp³-hybridized carbons (Fsp3) is 0.0556. The van der Waals surface area contributed by atoms with Crippen molar-refractivity contribution in [2.75, 3.05) is 0 Å². The van der Waals surface area contributed by atoms with Crippen molar-refractivity contribution in [2.24, 2.45) is 0 Å². The molecule has 0 aliphatic rings. The van der Waals surface area contributed by atoms with Gasteiger partial charge in [-0.2, -0.15) is 13.2 Å². The van der Waals surface area contributed by atoms with Crippen LogP contribution in [0, 0.1) is 17.5 Å². The van der Waals surface area contributed by atoms with Gasteiger partial charge in [0, 0.05) is 23.4 Å². The van der Waals surface area contributed by atoms with E-state index in [-0.39, 0.29) is 11.3 Å². The van der Waals surface area contributed by atoms with E-state index in [1.807, 2.05) is 0 Å². The summed E-state index contributed by atoms with van der Waals surface area (Å²) in [5.41, 5.74) is -1.10. The van der Waals surface area contributed by atoms with Gasteiger partial charge in [0.1, 0.15) is 23.0 Å². The molecular weight excluding hydrogens is 386 g/mol. The first kappa shape index (κ1) is 18.0. The smallest absolute Gasteiger partial charge is 0.284 e. The van der Waals surface area contributed by atoms with Crippen molar-refractivity contribution < 1.29 is 26.3 Å². The van der Waals surface area contributed by atoms with Gasteiger partial charge >= 0.3 is 6.18 Å². The highest BCUT2D eigenvalue weighted by Crippen LogP contribution is 2.31. The molecule has 4 aromatic rings. The second-order valence-corrected chi connectivity index (χ2v) is 5.80. The molecule has 0 amide bonds. The molecule has 0 spiro atoms. The number of aromatic nitrogens is 4. The maximum absolute atomic E-state index is 14.2. The van der Waals surface area contributed by atoms with E-state index in [0.717, 1.165) is 24.5 Å². The minimum Gasteiger partial charge on any atom is -0.284 e. The van der Waals surface area contributed by atoms with Crippen LogP contribution in [0.15, 0.2) is 48.9 Å². The maximum Gasteiger partial charge on any atom is 0.433 e. The van der Waals surface area contributed by atoms with Gasteiger partial charge in [0.25, 0.3) is 0 Å². The van der Waals surface area contributed by atoms with Gasteiger partial charge in [0.15, 0.2) is 5.82 Å². The molecule has 0 saturated carbocycles. The van der Waals surface area contributed by atoms with E-state index in [2.05, 4.69) is 15.0 Å². The molecule has 0 unspecified atom stereocenters. The summed E-state index contributed by atoms with van der Waals surface area (Å²) in [6, 6.07) is 5.00. The van der Waals surface area contributed by atoms with Gasteiger partial charge in [-0.3, -0.25) is 9.38 Å². The molecular formula is C18H8F6N4. The Bertz CT molecular complexity index is 1200. The molecule has 0 bridgehead atoms. The van der Waals surface area contributed by atoms with Crippen molar-refractivity contribution in [1.82, 2.24) is 19.4 Å². The Morgan fingerprint density at radius 3 is 2.36 bits per heavy atom. The average Bonchev–Trinajstić information content (AvgIpc) is 3.05. The van der Waals surface area contributed by atoms with Crippen LogP contribution >= 0.6 is 0 Å². The molecule has 1 aromatic carbocycles. The van der Waals surface area contributed by atoms with Crippen molar-refractivity contribution in [2.45, 2.75) is 6.18 Å². The summed E-state index contributed by atoms with van der Waals surface area (Å²) in [5.74, 6) is -2.97. The SMILES string of the molecule is Fc1cnc(-c2cc(-c3cnc4nc(C(F)(F)F)ccn34)ccc2F)c(F)c1. The maximum atomic E-state index is 14.2.